The molecule has 1 N–H and O–H groups in total. The van der Waals surface area contributed by atoms with E-state index in [1.54, 1.807) is 6.20 Å². The first kappa shape index (κ1) is 17.0. The minimum atomic E-state index is -1.04. The zero-order chi connectivity index (χ0) is 17.3. The molecular formula is C18H28FN5O. The van der Waals surface area contributed by atoms with Crippen LogP contribution in [-0.4, -0.2) is 76.5 Å². The van der Waals surface area contributed by atoms with Gasteiger partial charge in [-0.05, 0) is 44.8 Å². The number of hydrogen-bond donors (Lipinski definition) is 1. The van der Waals surface area contributed by atoms with Crippen molar-refractivity contribution in [3.05, 3.63) is 18.0 Å². The monoisotopic (exact) mass is 349 g/mol. The Morgan fingerprint density at radius 3 is 2.76 bits per heavy atom. The van der Waals surface area contributed by atoms with E-state index in [0.717, 1.165) is 57.7 Å². The third-order valence-electron chi connectivity index (χ3n) is 6.02. The Balaban J connectivity index is 1.31. The highest BCUT2D eigenvalue weighted by molar-refractivity contribution is 5.76. The number of rotatable bonds is 3. The van der Waals surface area contributed by atoms with E-state index in [2.05, 4.69) is 15.3 Å². The molecule has 0 saturated carbocycles. The van der Waals surface area contributed by atoms with Crippen molar-refractivity contribution in [1.82, 2.24) is 24.9 Å². The van der Waals surface area contributed by atoms with Crippen molar-refractivity contribution in [2.75, 3.05) is 39.3 Å². The van der Waals surface area contributed by atoms with Crippen molar-refractivity contribution in [1.29, 1.82) is 0 Å². The van der Waals surface area contributed by atoms with E-state index >= 15 is 0 Å². The lowest BCUT2D eigenvalue weighted by atomic mass is 9.92. The van der Waals surface area contributed by atoms with E-state index in [0.29, 0.717) is 25.9 Å². The van der Waals surface area contributed by atoms with Gasteiger partial charge in [0.2, 0.25) is 5.91 Å². The number of hydrogen-bond acceptors (Lipinski definition) is 4. The van der Waals surface area contributed by atoms with Gasteiger partial charge in [0, 0.05) is 50.5 Å². The zero-order valence-electron chi connectivity index (χ0n) is 14.8. The lowest BCUT2D eigenvalue weighted by molar-refractivity contribution is -0.135. The maximum atomic E-state index is 14.9. The molecule has 1 amide bonds. The molecule has 0 aromatic carbocycles. The molecule has 4 heterocycles. The van der Waals surface area contributed by atoms with Crippen molar-refractivity contribution >= 4 is 5.91 Å². The van der Waals surface area contributed by atoms with Crippen molar-refractivity contribution in [3.8, 4) is 0 Å². The van der Waals surface area contributed by atoms with Gasteiger partial charge in [0.05, 0.1) is 0 Å². The average Bonchev–Trinajstić information content (AvgIpc) is 2.97. The summed E-state index contributed by atoms with van der Waals surface area (Å²) < 4.78 is 16.7. The molecule has 25 heavy (non-hydrogen) atoms. The van der Waals surface area contributed by atoms with E-state index in [4.69, 9.17) is 0 Å². The molecular weight excluding hydrogens is 321 g/mol. The molecule has 0 radical (unpaired) electrons. The Morgan fingerprint density at radius 1 is 1.24 bits per heavy atom. The molecule has 6 nitrogen and oxygen atoms in total. The second-order valence-corrected chi connectivity index (χ2v) is 7.73. The molecule has 0 unspecified atom stereocenters. The fraction of sp³-hybridized carbons (Fsp3) is 0.778. The van der Waals surface area contributed by atoms with Crippen molar-refractivity contribution in [2.45, 2.75) is 50.4 Å². The normalized spacial score (nSPS) is 25.6. The molecule has 0 spiro atoms. The van der Waals surface area contributed by atoms with E-state index in [1.807, 2.05) is 15.6 Å². The number of likely N-dealkylation sites (tertiary alicyclic amines) is 1. The predicted molar refractivity (Wildman–Crippen MR) is 93.0 cm³/mol. The lowest BCUT2D eigenvalue weighted by Gasteiger charge is -2.41. The largest absolute Gasteiger partial charge is 0.338 e. The van der Waals surface area contributed by atoms with Crippen LogP contribution in [0.2, 0.25) is 0 Å². The van der Waals surface area contributed by atoms with E-state index in [1.165, 1.54) is 0 Å². The van der Waals surface area contributed by atoms with Crippen LogP contribution in [-0.2, 0) is 17.8 Å². The summed E-state index contributed by atoms with van der Waals surface area (Å²) in [5, 5.41) is 7.48. The zero-order valence-corrected chi connectivity index (χ0v) is 14.8. The molecule has 138 valence electrons. The summed E-state index contributed by atoms with van der Waals surface area (Å²) >= 11 is 0. The van der Waals surface area contributed by atoms with Crippen molar-refractivity contribution in [3.63, 3.8) is 0 Å². The molecule has 0 bridgehead atoms. The molecule has 4 rings (SSSR count). The molecule has 3 aliphatic rings. The van der Waals surface area contributed by atoms with Gasteiger partial charge >= 0.3 is 0 Å². The Kier molecular flexibility index (Phi) is 4.78. The van der Waals surface area contributed by atoms with Gasteiger partial charge in [0.15, 0.2) is 0 Å². The average molecular weight is 349 g/mol. The summed E-state index contributed by atoms with van der Waals surface area (Å²) in [7, 11) is 0. The van der Waals surface area contributed by atoms with Gasteiger partial charge in [-0.3, -0.25) is 9.48 Å². The van der Waals surface area contributed by atoms with Crippen molar-refractivity contribution < 1.29 is 9.18 Å². The Hall–Kier alpha value is -1.47. The van der Waals surface area contributed by atoms with E-state index < -0.39 is 5.67 Å². The number of nitrogens with one attached hydrogen (secondary N) is 1. The number of aromatic nitrogens is 2. The minimum Gasteiger partial charge on any atom is -0.338 e. The number of fused-ring (bicyclic) bond motifs is 1. The SMILES string of the molecule is O=C1Cn2nccc2CCN1C1CCN(CC2(F)CCNCC2)CC1. The van der Waals surface area contributed by atoms with Crippen LogP contribution < -0.4 is 5.32 Å². The van der Waals surface area contributed by atoms with Gasteiger partial charge in [-0.25, -0.2) is 4.39 Å². The number of alkyl halides is 1. The van der Waals surface area contributed by atoms with E-state index in [9.17, 15) is 9.18 Å². The highest BCUT2D eigenvalue weighted by Gasteiger charge is 2.36. The molecule has 2 saturated heterocycles. The number of amides is 1. The summed E-state index contributed by atoms with van der Waals surface area (Å²) in [5.41, 5.74) is 0.102. The van der Waals surface area contributed by atoms with Gasteiger partial charge in [0.25, 0.3) is 0 Å². The first-order chi connectivity index (χ1) is 12.1. The summed E-state index contributed by atoms with van der Waals surface area (Å²) in [6, 6.07) is 2.29. The maximum Gasteiger partial charge on any atom is 0.244 e. The van der Waals surface area contributed by atoms with Gasteiger partial charge in [-0.15, -0.1) is 0 Å². The predicted octanol–water partition coefficient (Wildman–Crippen LogP) is 0.824. The smallest absolute Gasteiger partial charge is 0.244 e. The Morgan fingerprint density at radius 2 is 2.00 bits per heavy atom. The Labute approximate surface area is 148 Å². The van der Waals surface area contributed by atoms with Gasteiger partial charge in [0.1, 0.15) is 12.2 Å². The van der Waals surface area contributed by atoms with Crippen LogP contribution in [0.1, 0.15) is 31.4 Å². The lowest BCUT2D eigenvalue weighted by Crippen LogP contribution is -2.52. The number of piperidine rings is 2. The number of carbonyl (C=O) groups excluding carboxylic acids is 1. The summed E-state index contributed by atoms with van der Waals surface area (Å²) in [6.45, 7) is 5.01. The van der Waals surface area contributed by atoms with Gasteiger partial charge in [-0.1, -0.05) is 0 Å². The van der Waals surface area contributed by atoms with Gasteiger partial charge < -0.3 is 15.1 Å². The second kappa shape index (κ2) is 7.03. The van der Waals surface area contributed by atoms with Crippen LogP contribution in [0.15, 0.2) is 12.3 Å². The number of halogens is 1. The Bertz CT molecular complexity index is 604. The van der Waals surface area contributed by atoms with Crippen LogP contribution >= 0.6 is 0 Å². The highest BCUT2D eigenvalue weighted by Crippen LogP contribution is 2.27. The third kappa shape index (κ3) is 3.72. The molecule has 3 aliphatic heterocycles. The summed E-state index contributed by atoms with van der Waals surface area (Å²) in [4.78, 5) is 16.9. The number of nitrogens with zero attached hydrogens (tertiary/aromatic N) is 4. The summed E-state index contributed by atoms with van der Waals surface area (Å²) in [5.74, 6) is 0.168. The molecule has 0 aliphatic carbocycles. The maximum absolute atomic E-state index is 14.9. The standard InChI is InChI=1S/C18H28FN5O/c19-18(5-8-20-9-6-18)14-22-10-2-15(3-11-22)23-12-4-16-1-7-21-24(16)13-17(23)25/h1,7,15,20H,2-6,8-14H2. The molecule has 2 fully saturated rings. The van der Waals surface area contributed by atoms with E-state index in [-0.39, 0.29) is 11.9 Å². The van der Waals surface area contributed by atoms with Crippen molar-refractivity contribution in [2.24, 2.45) is 0 Å². The van der Waals surface area contributed by atoms with Crippen LogP contribution in [0.25, 0.3) is 0 Å². The number of carbonyl (C=O) groups is 1. The topological polar surface area (TPSA) is 53.4 Å². The molecule has 1 aromatic heterocycles. The quantitative estimate of drug-likeness (QED) is 0.878. The molecule has 7 heteroatoms. The van der Waals surface area contributed by atoms with Crippen LogP contribution in [0, 0.1) is 0 Å². The second-order valence-electron chi connectivity index (χ2n) is 7.73. The summed E-state index contributed by atoms with van der Waals surface area (Å²) in [6.07, 6.45) is 5.76. The first-order valence-electron chi connectivity index (χ1n) is 9.55. The molecule has 0 atom stereocenters. The van der Waals surface area contributed by atoms with Crippen LogP contribution in [0.5, 0.6) is 0 Å². The molecule has 1 aromatic rings. The fourth-order valence-electron chi connectivity index (χ4n) is 4.50. The van der Waals surface area contributed by atoms with Crippen LogP contribution in [0.3, 0.4) is 0 Å². The fourth-order valence-corrected chi connectivity index (χ4v) is 4.50. The van der Waals surface area contributed by atoms with Crippen LogP contribution in [0.4, 0.5) is 4.39 Å². The minimum absolute atomic E-state index is 0.168. The van der Waals surface area contributed by atoms with Gasteiger partial charge in [-0.2, -0.15) is 5.10 Å². The first-order valence-corrected chi connectivity index (χ1v) is 9.55. The third-order valence-corrected chi connectivity index (χ3v) is 6.02. The highest BCUT2D eigenvalue weighted by atomic mass is 19.1.